The van der Waals surface area contributed by atoms with E-state index < -0.39 is 5.97 Å². The maximum absolute atomic E-state index is 10.00. The first kappa shape index (κ1) is 11.0. The summed E-state index contributed by atoms with van der Waals surface area (Å²) < 4.78 is 0. The molecule has 52 valence electrons. The van der Waals surface area contributed by atoms with Crippen LogP contribution in [0.15, 0.2) is 12.2 Å². The Morgan fingerprint density at radius 1 is 1.33 bits per heavy atom. The molecule has 0 saturated heterocycles. The highest BCUT2D eigenvalue weighted by Gasteiger charge is 1.85. The summed E-state index contributed by atoms with van der Waals surface area (Å²) in [6, 6.07) is 0. The average Bonchev–Trinajstić information content (AvgIpc) is 1.61. The summed E-state index contributed by atoms with van der Waals surface area (Å²) in [6.07, 6.45) is 1.81. The van der Waals surface area contributed by atoms with E-state index in [2.05, 4.69) is 0 Å². The lowest BCUT2D eigenvalue weighted by atomic mass is 10.4. The molecule has 0 aromatic rings. The number of carboxylic acids is 1. The van der Waals surface area contributed by atoms with Crippen LogP contribution in [0.4, 0.5) is 0 Å². The average molecular weight is 151 g/mol. The van der Waals surface area contributed by atoms with Gasteiger partial charge in [-0.15, -0.1) is 12.4 Å². The number of ketones is 1. The molecule has 9 heavy (non-hydrogen) atoms. The molecule has 0 radical (unpaired) electrons. The number of hydrogen-bond acceptors (Lipinski definition) is 2. The van der Waals surface area contributed by atoms with Crippen molar-refractivity contribution in [1.29, 1.82) is 0 Å². The molecule has 0 spiro atoms. The Bertz CT molecular complexity index is 123. The Hall–Kier alpha value is -0.830. The number of allylic oxidation sites excluding steroid dienone is 1. The standard InChI is InChI=1S/C5H6O3.ClH/c1-4(6)2-3-5(7)8;/h2-3H,1H3,(H,7,8);1H. The Labute approximate surface area is 58.8 Å². The molecular formula is C5H7ClO3. The molecule has 3 nitrogen and oxygen atoms in total. The van der Waals surface area contributed by atoms with Crippen molar-refractivity contribution in [2.45, 2.75) is 6.92 Å². The van der Waals surface area contributed by atoms with Crippen molar-refractivity contribution in [2.24, 2.45) is 0 Å². The van der Waals surface area contributed by atoms with E-state index in [1.807, 2.05) is 0 Å². The zero-order chi connectivity index (χ0) is 6.57. The summed E-state index contributed by atoms with van der Waals surface area (Å²) in [7, 11) is 0. The third-order valence-electron chi connectivity index (χ3n) is 0.461. The Morgan fingerprint density at radius 2 is 1.78 bits per heavy atom. The minimum Gasteiger partial charge on any atom is -0.478 e. The van der Waals surface area contributed by atoms with Gasteiger partial charge in [-0.2, -0.15) is 0 Å². The van der Waals surface area contributed by atoms with Crippen LogP contribution < -0.4 is 0 Å². The van der Waals surface area contributed by atoms with E-state index in [-0.39, 0.29) is 18.2 Å². The fourth-order valence-electron chi connectivity index (χ4n) is 0.189. The van der Waals surface area contributed by atoms with Crippen molar-refractivity contribution >= 4 is 24.2 Å². The number of hydrogen-bond donors (Lipinski definition) is 1. The van der Waals surface area contributed by atoms with E-state index >= 15 is 0 Å². The molecule has 0 heterocycles. The smallest absolute Gasteiger partial charge is 0.328 e. The first-order valence-electron chi connectivity index (χ1n) is 2.04. The molecule has 0 aliphatic rings. The fourth-order valence-corrected chi connectivity index (χ4v) is 0.189. The van der Waals surface area contributed by atoms with Crippen molar-refractivity contribution in [3.05, 3.63) is 12.2 Å². The molecule has 0 atom stereocenters. The molecule has 0 rings (SSSR count). The lowest BCUT2D eigenvalue weighted by molar-refractivity contribution is -0.131. The van der Waals surface area contributed by atoms with E-state index in [1.54, 1.807) is 0 Å². The highest BCUT2D eigenvalue weighted by atomic mass is 35.5. The zero-order valence-electron chi connectivity index (χ0n) is 4.83. The summed E-state index contributed by atoms with van der Waals surface area (Å²) in [5, 5.41) is 7.92. The molecule has 0 saturated carbocycles. The van der Waals surface area contributed by atoms with Gasteiger partial charge in [0.25, 0.3) is 0 Å². The van der Waals surface area contributed by atoms with Gasteiger partial charge in [0.2, 0.25) is 0 Å². The third-order valence-corrected chi connectivity index (χ3v) is 0.461. The van der Waals surface area contributed by atoms with Gasteiger partial charge in [0, 0.05) is 6.08 Å². The normalized spacial score (nSPS) is 8.56. The molecule has 0 amide bonds. The second-order valence-corrected chi connectivity index (χ2v) is 1.28. The number of aliphatic carboxylic acids is 1. The van der Waals surface area contributed by atoms with Gasteiger partial charge in [-0.25, -0.2) is 4.79 Å². The molecule has 1 N–H and O–H groups in total. The van der Waals surface area contributed by atoms with Crippen molar-refractivity contribution in [1.82, 2.24) is 0 Å². The maximum Gasteiger partial charge on any atom is 0.328 e. The van der Waals surface area contributed by atoms with Gasteiger partial charge in [0.05, 0.1) is 0 Å². The van der Waals surface area contributed by atoms with E-state index in [0.29, 0.717) is 0 Å². The quantitative estimate of drug-likeness (QED) is 0.588. The summed E-state index contributed by atoms with van der Waals surface area (Å²) in [4.78, 5) is 19.7. The van der Waals surface area contributed by atoms with Crippen molar-refractivity contribution < 1.29 is 14.7 Å². The number of carbonyl (C=O) groups is 2. The molecule has 0 unspecified atom stereocenters. The number of rotatable bonds is 2. The van der Waals surface area contributed by atoms with Gasteiger partial charge in [0.1, 0.15) is 0 Å². The van der Waals surface area contributed by atoms with Crippen LogP contribution in [0.1, 0.15) is 6.92 Å². The summed E-state index contributed by atoms with van der Waals surface area (Å²) in [6.45, 7) is 1.29. The topological polar surface area (TPSA) is 54.4 Å². The van der Waals surface area contributed by atoms with Crippen LogP contribution in [0, 0.1) is 0 Å². The highest BCUT2D eigenvalue weighted by molar-refractivity contribution is 5.93. The SMILES string of the molecule is CC(=O)C=CC(=O)O.Cl. The van der Waals surface area contributed by atoms with Crippen LogP contribution in [0.25, 0.3) is 0 Å². The van der Waals surface area contributed by atoms with Crippen LogP contribution in [0.2, 0.25) is 0 Å². The zero-order valence-corrected chi connectivity index (χ0v) is 5.64. The van der Waals surface area contributed by atoms with Crippen LogP contribution in [-0.2, 0) is 9.59 Å². The van der Waals surface area contributed by atoms with Crippen LogP contribution in [0.3, 0.4) is 0 Å². The molecule has 0 aliphatic carbocycles. The summed E-state index contributed by atoms with van der Waals surface area (Å²) >= 11 is 0. The number of halogens is 1. The predicted molar refractivity (Wildman–Crippen MR) is 34.7 cm³/mol. The molecule has 0 bridgehead atoms. The van der Waals surface area contributed by atoms with Gasteiger partial charge >= 0.3 is 5.97 Å². The number of carboxylic acid groups (broad SMARTS) is 1. The van der Waals surface area contributed by atoms with Gasteiger partial charge in [-0.1, -0.05) is 0 Å². The minimum absolute atomic E-state index is 0. The van der Waals surface area contributed by atoms with Crippen LogP contribution in [0.5, 0.6) is 0 Å². The summed E-state index contributed by atoms with van der Waals surface area (Å²) in [5.41, 5.74) is 0. The Morgan fingerprint density at radius 3 is 1.89 bits per heavy atom. The van der Waals surface area contributed by atoms with Gasteiger partial charge < -0.3 is 5.11 Å². The number of carbonyl (C=O) groups excluding carboxylic acids is 1. The second-order valence-electron chi connectivity index (χ2n) is 1.28. The highest BCUT2D eigenvalue weighted by Crippen LogP contribution is 1.73. The molecular weight excluding hydrogens is 144 g/mol. The molecule has 0 aromatic carbocycles. The Kier molecular flexibility index (Phi) is 6.51. The maximum atomic E-state index is 10.00. The van der Waals surface area contributed by atoms with Gasteiger partial charge in [-0.05, 0) is 13.0 Å². The lowest BCUT2D eigenvalue weighted by Crippen LogP contribution is -1.89. The lowest BCUT2D eigenvalue weighted by Gasteiger charge is -1.74. The summed E-state index contributed by atoms with van der Waals surface area (Å²) in [5.74, 6) is -1.35. The monoisotopic (exact) mass is 150 g/mol. The van der Waals surface area contributed by atoms with E-state index in [9.17, 15) is 9.59 Å². The van der Waals surface area contributed by atoms with Crippen molar-refractivity contribution in [3.8, 4) is 0 Å². The van der Waals surface area contributed by atoms with Gasteiger partial charge in [-0.3, -0.25) is 4.79 Å². The van der Waals surface area contributed by atoms with Crippen LogP contribution in [-0.4, -0.2) is 16.9 Å². The molecule has 4 heteroatoms. The van der Waals surface area contributed by atoms with E-state index in [0.717, 1.165) is 12.2 Å². The largest absolute Gasteiger partial charge is 0.478 e. The first-order valence-corrected chi connectivity index (χ1v) is 2.04. The minimum atomic E-state index is -1.10. The first-order chi connectivity index (χ1) is 3.63. The van der Waals surface area contributed by atoms with Gasteiger partial charge in [0.15, 0.2) is 5.78 Å². The molecule has 0 aromatic heterocycles. The van der Waals surface area contributed by atoms with E-state index in [4.69, 9.17) is 5.11 Å². The van der Waals surface area contributed by atoms with E-state index in [1.165, 1.54) is 6.92 Å². The Balaban J connectivity index is 0. The van der Waals surface area contributed by atoms with Crippen molar-refractivity contribution in [2.75, 3.05) is 0 Å². The molecule has 0 fully saturated rings. The van der Waals surface area contributed by atoms with Crippen LogP contribution >= 0.6 is 12.4 Å². The molecule has 0 aliphatic heterocycles. The second kappa shape index (κ2) is 5.31. The van der Waals surface area contributed by atoms with Crippen molar-refractivity contribution in [3.63, 3.8) is 0 Å². The fraction of sp³-hybridized carbons (Fsp3) is 0.200. The predicted octanol–water partition coefficient (Wildman–Crippen LogP) is 0.638. The third kappa shape index (κ3) is 11.0.